The smallest absolute Gasteiger partial charge is 0.147 e. The fourth-order valence-electron chi connectivity index (χ4n) is 1.48. The van der Waals surface area contributed by atoms with Crippen LogP contribution in [0.4, 0.5) is 4.39 Å². The number of hydrogen-bond acceptors (Lipinski definition) is 3. The molecule has 2 rings (SSSR count). The number of aliphatic hydroxyl groups excluding tert-OH is 1. The molecule has 0 aromatic carbocycles. The minimum absolute atomic E-state index is 0.188. The van der Waals surface area contributed by atoms with E-state index in [1.54, 1.807) is 12.3 Å². The Balaban J connectivity index is 2.39. The molecule has 0 saturated carbocycles. The first-order valence-electron chi connectivity index (χ1n) is 4.88. The lowest BCUT2D eigenvalue weighted by molar-refractivity contribution is 0.209. The zero-order valence-electron chi connectivity index (χ0n) is 8.76. The maximum atomic E-state index is 13.4. The van der Waals surface area contributed by atoms with E-state index in [4.69, 9.17) is 0 Å². The normalized spacial score (nSPS) is 12.4. The molecule has 0 fully saturated rings. The third kappa shape index (κ3) is 2.06. The summed E-state index contributed by atoms with van der Waals surface area (Å²) in [7, 11) is 0. The number of halogens is 1. The van der Waals surface area contributed by atoms with E-state index in [0.717, 1.165) is 11.8 Å². The number of pyridine rings is 2. The van der Waals surface area contributed by atoms with E-state index in [1.807, 2.05) is 13.0 Å². The lowest BCUT2D eigenvalue weighted by Gasteiger charge is -2.11. The maximum Gasteiger partial charge on any atom is 0.147 e. The van der Waals surface area contributed by atoms with Gasteiger partial charge in [-0.25, -0.2) is 4.39 Å². The third-order valence-electron chi connectivity index (χ3n) is 2.32. The van der Waals surface area contributed by atoms with Crippen molar-refractivity contribution in [2.45, 2.75) is 13.0 Å². The molecule has 4 heteroatoms. The molecule has 1 atom stereocenters. The summed E-state index contributed by atoms with van der Waals surface area (Å²) in [4.78, 5) is 7.65. The Morgan fingerprint density at radius 1 is 1.31 bits per heavy atom. The molecule has 2 aromatic heterocycles. The number of aromatic nitrogens is 2. The predicted molar refractivity (Wildman–Crippen MR) is 57.2 cm³/mol. The van der Waals surface area contributed by atoms with E-state index in [1.165, 1.54) is 12.3 Å². The van der Waals surface area contributed by atoms with Crippen molar-refractivity contribution in [1.29, 1.82) is 0 Å². The van der Waals surface area contributed by atoms with Gasteiger partial charge in [-0.1, -0.05) is 0 Å². The highest BCUT2D eigenvalue weighted by Crippen LogP contribution is 2.22. The van der Waals surface area contributed by atoms with E-state index in [-0.39, 0.29) is 5.56 Å². The van der Waals surface area contributed by atoms with Crippen molar-refractivity contribution in [3.8, 4) is 0 Å². The summed E-state index contributed by atoms with van der Waals surface area (Å²) in [6.45, 7) is 1.89. The van der Waals surface area contributed by atoms with Crippen LogP contribution in [0.2, 0.25) is 0 Å². The van der Waals surface area contributed by atoms with Gasteiger partial charge in [0.05, 0.1) is 11.9 Å². The Morgan fingerprint density at radius 2 is 2.12 bits per heavy atom. The molecule has 2 aromatic rings. The van der Waals surface area contributed by atoms with E-state index in [0.29, 0.717) is 5.69 Å². The van der Waals surface area contributed by atoms with Crippen molar-refractivity contribution in [3.63, 3.8) is 0 Å². The van der Waals surface area contributed by atoms with E-state index in [9.17, 15) is 9.50 Å². The van der Waals surface area contributed by atoms with Crippen LogP contribution in [0.1, 0.15) is 22.9 Å². The highest BCUT2D eigenvalue weighted by Gasteiger charge is 2.15. The number of aliphatic hydroxyl groups is 1. The van der Waals surface area contributed by atoms with Crippen LogP contribution in [-0.4, -0.2) is 15.1 Å². The van der Waals surface area contributed by atoms with Gasteiger partial charge < -0.3 is 5.11 Å². The van der Waals surface area contributed by atoms with E-state index in [2.05, 4.69) is 9.97 Å². The molecule has 3 nitrogen and oxygen atoms in total. The van der Waals surface area contributed by atoms with E-state index >= 15 is 0 Å². The molecular formula is C12H11FN2O. The molecular weight excluding hydrogens is 207 g/mol. The summed E-state index contributed by atoms with van der Waals surface area (Å²) in [6, 6.07) is 4.99. The van der Waals surface area contributed by atoms with Gasteiger partial charge in [0.2, 0.25) is 0 Å². The Bertz CT molecular complexity index is 502. The zero-order chi connectivity index (χ0) is 11.5. The first kappa shape index (κ1) is 10.7. The predicted octanol–water partition coefficient (Wildman–Crippen LogP) is 2.01. The van der Waals surface area contributed by atoms with Gasteiger partial charge in [-0.2, -0.15) is 0 Å². The Hall–Kier alpha value is -1.81. The summed E-state index contributed by atoms with van der Waals surface area (Å²) < 4.78 is 13.4. The molecule has 82 valence electrons. The number of hydrogen-bond donors (Lipinski definition) is 1. The van der Waals surface area contributed by atoms with Crippen LogP contribution in [0.15, 0.2) is 36.8 Å². The number of nitrogens with zero attached hydrogens (tertiary/aromatic N) is 2. The molecule has 0 spiro atoms. The number of rotatable bonds is 2. The molecule has 0 radical (unpaired) electrons. The topological polar surface area (TPSA) is 46.0 Å². The van der Waals surface area contributed by atoms with Crippen LogP contribution >= 0.6 is 0 Å². The molecule has 0 aliphatic heterocycles. The molecule has 0 saturated heterocycles. The lowest BCUT2D eigenvalue weighted by atomic mass is 10.1. The summed E-state index contributed by atoms with van der Waals surface area (Å²) in [5, 5.41) is 9.97. The summed E-state index contributed by atoms with van der Waals surface area (Å²) in [5.41, 5.74) is 1.59. The van der Waals surface area contributed by atoms with Crippen LogP contribution in [0, 0.1) is 12.7 Å². The van der Waals surface area contributed by atoms with Gasteiger partial charge in [0.1, 0.15) is 11.9 Å². The highest BCUT2D eigenvalue weighted by molar-refractivity contribution is 5.26. The molecule has 1 unspecified atom stereocenters. The fraction of sp³-hybridized carbons (Fsp3) is 0.167. The summed E-state index contributed by atoms with van der Waals surface area (Å²) in [6.07, 6.45) is 3.06. The molecule has 0 amide bonds. The Labute approximate surface area is 92.6 Å². The minimum atomic E-state index is -1.05. The fourth-order valence-corrected chi connectivity index (χ4v) is 1.48. The zero-order valence-corrected chi connectivity index (χ0v) is 8.76. The minimum Gasteiger partial charge on any atom is -0.382 e. The lowest BCUT2D eigenvalue weighted by Crippen LogP contribution is -2.05. The van der Waals surface area contributed by atoms with Gasteiger partial charge in [0, 0.05) is 18.0 Å². The molecule has 2 heterocycles. The second-order valence-corrected chi connectivity index (χ2v) is 3.56. The molecule has 0 bridgehead atoms. The van der Waals surface area contributed by atoms with Crippen LogP contribution in [0.5, 0.6) is 0 Å². The van der Waals surface area contributed by atoms with Gasteiger partial charge >= 0.3 is 0 Å². The molecule has 16 heavy (non-hydrogen) atoms. The molecule has 0 aliphatic carbocycles. The first-order valence-corrected chi connectivity index (χ1v) is 4.88. The molecule has 0 aliphatic rings. The Kier molecular flexibility index (Phi) is 2.92. The van der Waals surface area contributed by atoms with Gasteiger partial charge in [-0.15, -0.1) is 0 Å². The van der Waals surface area contributed by atoms with Crippen LogP contribution in [0.3, 0.4) is 0 Å². The molecule has 1 N–H and O–H groups in total. The average Bonchev–Trinajstić information content (AvgIpc) is 2.29. The van der Waals surface area contributed by atoms with Crippen LogP contribution < -0.4 is 0 Å². The van der Waals surface area contributed by atoms with Gasteiger partial charge in [-0.05, 0) is 30.7 Å². The second kappa shape index (κ2) is 4.37. The summed E-state index contributed by atoms with van der Waals surface area (Å²) in [5.74, 6) is -0.529. The standard InChI is InChI=1S/C12H11FN2O/c1-8-2-5-15-11(6-8)12(16)9-3-4-14-7-10(9)13/h2-7,12,16H,1H3. The Morgan fingerprint density at radius 3 is 2.81 bits per heavy atom. The maximum absolute atomic E-state index is 13.4. The SMILES string of the molecule is Cc1ccnc(C(O)c2ccncc2F)c1. The van der Waals surface area contributed by atoms with E-state index < -0.39 is 11.9 Å². The van der Waals surface area contributed by atoms with Gasteiger partial charge in [-0.3, -0.25) is 9.97 Å². The van der Waals surface area contributed by atoms with Crippen molar-refractivity contribution in [1.82, 2.24) is 9.97 Å². The average molecular weight is 218 g/mol. The summed E-state index contributed by atoms with van der Waals surface area (Å²) >= 11 is 0. The second-order valence-electron chi connectivity index (χ2n) is 3.56. The van der Waals surface area contributed by atoms with Crippen LogP contribution in [0.25, 0.3) is 0 Å². The van der Waals surface area contributed by atoms with Crippen LogP contribution in [-0.2, 0) is 0 Å². The number of aryl methyl sites for hydroxylation is 1. The third-order valence-corrected chi connectivity index (χ3v) is 2.32. The van der Waals surface area contributed by atoms with Crippen molar-refractivity contribution in [2.75, 3.05) is 0 Å². The van der Waals surface area contributed by atoms with Gasteiger partial charge in [0.25, 0.3) is 0 Å². The van der Waals surface area contributed by atoms with Crippen molar-refractivity contribution < 1.29 is 9.50 Å². The van der Waals surface area contributed by atoms with Gasteiger partial charge in [0.15, 0.2) is 0 Å². The van der Waals surface area contributed by atoms with Crippen molar-refractivity contribution in [3.05, 3.63) is 59.4 Å². The monoisotopic (exact) mass is 218 g/mol. The van der Waals surface area contributed by atoms with Crippen molar-refractivity contribution >= 4 is 0 Å². The quantitative estimate of drug-likeness (QED) is 0.838. The highest BCUT2D eigenvalue weighted by atomic mass is 19.1. The first-order chi connectivity index (χ1) is 7.68. The van der Waals surface area contributed by atoms with Crippen molar-refractivity contribution in [2.24, 2.45) is 0 Å². The largest absolute Gasteiger partial charge is 0.382 e.